The van der Waals surface area contributed by atoms with Crippen LogP contribution >= 0.6 is 0 Å². The van der Waals surface area contributed by atoms with E-state index in [9.17, 15) is 9.59 Å². The van der Waals surface area contributed by atoms with E-state index < -0.39 is 0 Å². The second-order valence-electron chi connectivity index (χ2n) is 7.46. The number of amides is 1. The number of hydrogen-bond donors (Lipinski definition) is 0. The van der Waals surface area contributed by atoms with Gasteiger partial charge >= 0.3 is 0 Å². The van der Waals surface area contributed by atoms with Crippen molar-refractivity contribution in [2.45, 2.75) is 65.3 Å². The Labute approximate surface area is 161 Å². The van der Waals surface area contributed by atoms with Crippen molar-refractivity contribution in [2.24, 2.45) is 0 Å². The monoisotopic (exact) mass is 366 g/mol. The standard InChI is InChI=1S/C23H30N2O2/c1-4-6-13-24-17(3)15-20-22(23(24)27)19(18-11-9-8-10-12-18)16-21(26)25(20)14-7-5-2/h8-12,15,19H,4-7,13-14,16H2,1-3H3. The summed E-state index contributed by atoms with van der Waals surface area (Å²) in [4.78, 5) is 28.3. The first-order chi connectivity index (χ1) is 13.1. The zero-order valence-corrected chi connectivity index (χ0v) is 16.7. The van der Waals surface area contributed by atoms with Gasteiger partial charge in [-0.1, -0.05) is 57.0 Å². The number of fused-ring (bicyclic) bond motifs is 1. The van der Waals surface area contributed by atoms with E-state index in [-0.39, 0.29) is 17.4 Å². The lowest BCUT2D eigenvalue weighted by molar-refractivity contribution is -0.119. The molecule has 27 heavy (non-hydrogen) atoms. The summed E-state index contributed by atoms with van der Waals surface area (Å²) in [5.41, 5.74) is 3.67. The maximum Gasteiger partial charge on any atom is 0.256 e. The Bertz CT molecular complexity index is 855. The van der Waals surface area contributed by atoms with Crippen LogP contribution in [0.1, 0.15) is 68.7 Å². The first-order valence-electron chi connectivity index (χ1n) is 10.2. The van der Waals surface area contributed by atoms with E-state index in [1.807, 2.05) is 46.7 Å². The Morgan fingerprint density at radius 2 is 1.67 bits per heavy atom. The van der Waals surface area contributed by atoms with E-state index in [1.54, 1.807) is 0 Å². The number of aryl methyl sites for hydroxylation is 1. The van der Waals surface area contributed by atoms with Gasteiger partial charge in [0.25, 0.3) is 5.56 Å². The number of rotatable bonds is 7. The van der Waals surface area contributed by atoms with Gasteiger partial charge in [-0.25, -0.2) is 0 Å². The van der Waals surface area contributed by atoms with Gasteiger partial charge in [-0.2, -0.15) is 0 Å². The summed E-state index contributed by atoms with van der Waals surface area (Å²) in [5.74, 6) is -0.0394. The number of unbranched alkanes of at least 4 members (excludes halogenated alkanes) is 2. The van der Waals surface area contributed by atoms with Gasteiger partial charge in [-0.3, -0.25) is 9.59 Å². The van der Waals surface area contributed by atoms with Crippen molar-refractivity contribution in [2.75, 3.05) is 11.4 Å². The van der Waals surface area contributed by atoms with E-state index in [2.05, 4.69) is 19.9 Å². The van der Waals surface area contributed by atoms with E-state index in [4.69, 9.17) is 0 Å². The van der Waals surface area contributed by atoms with E-state index >= 15 is 0 Å². The van der Waals surface area contributed by atoms with Crippen LogP contribution in [-0.2, 0) is 11.3 Å². The molecule has 1 aliphatic rings. The molecule has 1 aromatic carbocycles. The van der Waals surface area contributed by atoms with Crippen molar-refractivity contribution in [3.8, 4) is 0 Å². The SMILES string of the molecule is CCCCN1C(=O)CC(c2ccccc2)c2c1cc(C)n(CCCC)c2=O. The highest BCUT2D eigenvalue weighted by Gasteiger charge is 2.35. The van der Waals surface area contributed by atoms with Crippen LogP contribution in [0.2, 0.25) is 0 Å². The lowest BCUT2D eigenvalue weighted by Crippen LogP contribution is -2.42. The van der Waals surface area contributed by atoms with Gasteiger partial charge in [-0.05, 0) is 31.4 Å². The lowest BCUT2D eigenvalue weighted by atomic mass is 9.84. The van der Waals surface area contributed by atoms with Crippen molar-refractivity contribution in [3.05, 3.63) is 63.6 Å². The largest absolute Gasteiger partial charge is 0.313 e. The third-order valence-corrected chi connectivity index (χ3v) is 5.51. The molecule has 1 amide bonds. The predicted octanol–water partition coefficient (Wildman–Crippen LogP) is 4.63. The lowest BCUT2D eigenvalue weighted by Gasteiger charge is -2.35. The van der Waals surface area contributed by atoms with Crippen molar-refractivity contribution < 1.29 is 4.79 Å². The van der Waals surface area contributed by atoms with Crippen LogP contribution in [0.5, 0.6) is 0 Å². The Morgan fingerprint density at radius 1 is 1.00 bits per heavy atom. The quantitative estimate of drug-likeness (QED) is 0.717. The maximum atomic E-state index is 13.5. The van der Waals surface area contributed by atoms with Crippen molar-refractivity contribution in [1.82, 2.24) is 4.57 Å². The number of carbonyl (C=O) groups excluding carboxylic acids is 1. The molecule has 2 heterocycles. The number of benzene rings is 1. The number of hydrogen-bond acceptors (Lipinski definition) is 2. The molecule has 2 aromatic rings. The van der Waals surface area contributed by atoms with Gasteiger partial charge in [-0.15, -0.1) is 0 Å². The molecule has 0 bridgehead atoms. The van der Waals surface area contributed by atoms with Crippen LogP contribution in [0.15, 0.2) is 41.2 Å². The molecule has 1 aliphatic heterocycles. The molecule has 0 saturated heterocycles. The Morgan fingerprint density at radius 3 is 2.33 bits per heavy atom. The average Bonchev–Trinajstić information content (AvgIpc) is 2.67. The highest BCUT2D eigenvalue weighted by molar-refractivity contribution is 5.97. The summed E-state index contributed by atoms with van der Waals surface area (Å²) >= 11 is 0. The topological polar surface area (TPSA) is 42.3 Å². The van der Waals surface area contributed by atoms with Gasteiger partial charge < -0.3 is 9.47 Å². The molecule has 4 nitrogen and oxygen atoms in total. The minimum atomic E-state index is -0.160. The van der Waals surface area contributed by atoms with Crippen LogP contribution in [-0.4, -0.2) is 17.0 Å². The molecule has 1 aromatic heterocycles. The second-order valence-corrected chi connectivity index (χ2v) is 7.46. The van der Waals surface area contributed by atoms with Crippen LogP contribution < -0.4 is 10.5 Å². The summed E-state index contributed by atoms with van der Waals surface area (Å²) in [7, 11) is 0. The van der Waals surface area contributed by atoms with E-state index in [1.165, 1.54) is 0 Å². The summed E-state index contributed by atoms with van der Waals surface area (Å²) in [6, 6.07) is 12.0. The minimum absolute atomic E-state index is 0.0706. The first kappa shape index (κ1) is 19.4. The summed E-state index contributed by atoms with van der Waals surface area (Å²) in [6.45, 7) is 7.65. The van der Waals surface area contributed by atoms with Crippen LogP contribution in [0, 0.1) is 6.92 Å². The van der Waals surface area contributed by atoms with Crippen molar-refractivity contribution in [3.63, 3.8) is 0 Å². The van der Waals surface area contributed by atoms with Gasteiger partial charge in [0.1, 0.15) is 0 Å². The molecule has 0 fully saturated rings. The normalized spacial score (nSPS) is 16.5. The van der Waals surface area contributed by atoms with Crippen molar-refractivity contribution >= 4 is 11.6 Å². The third-order valence-electron chi connectivity index (χ3n) is 5.51. The van der Waals surface area contributed by atoms with Crippen LogP contribution in [0.4, 0.5) is 5.69 Å². The summed E-state index contributed by atoms with van der Waals surface area (Å²) in [5, 5.41) is 0. The number of pyridine rings is 1. The molecule has 1 atom stereocenters. The highest BCUT2D eigenvalue weighted by atomic mass is 16.2. The van der Waals surface area contributed by atoms with Gasteiger partial charge in [0, 0.05) is 36.7 Å². The molecule has 0 radical (unpaired) electrons. The van der Waals surface area contributed by atoms with E-state index in [0.29, 0.717) is 13.0 Å². The maximum absolute atomic E-state index is 13.5. The van der Waals surface area contributed by atoms with Gasteiger partial charge in [0.2, 0.25) is 5.91 Å². The molecule has 0 spiro atoms. The minimum Gasteiger partial charge on any atom is -0.313 e. The number of anilines is 1. The number of nitrogens with zero attached hydrogens (tertiary/aromatic N) is 2. The summed E-state index contributed by atoms with van der Waals surface area (Å²) in [6.07, 6.45) is 4.36. The Hall–Kier alpha value is -2.36. The highest BCUT2D eigenvalue weighted by Crippen LogP contribution is 2.38. The zero-order chi connectivity index (χ0) is 19.4. The molecule has 0 N–H and O–H groups in total. The Balaban J connectivity index is 2.17. The molecule has 3 rings (SSSR count). The molecule has 0 aliphatic carbocycles. The Kier molecular flexibility index (Phi) is 6.15. The molecule has 4 heteroatoms. The molecule has 1 unspecified atom stereocenters. The zero-order valence-electron chi connectivity index (χ0n) is 16.7. The van der Waals surface area contributed by atoms with Crippen molar-refractivity contribution in [1.29, 1.82) is 0 Å². The molecule has 0 saturated carbocycles. The fourth-order valence-electron chi connectivity index (χ4n) is 3.97. The number of carbonyl (C=O) groups is 1. The smallest absolute Gasteiger partial charge is 0.256 e. The molecular formula is C23H30N2O2. The predicted molar refractivity (Wildman–Crippen MR) is 111 cm³/mol. The number of aromatic nitrogens is 1. The third kappa shape index (κ3) is 3.85. The van der Waals surface area contributed by atoms with Crippen LogP contribution in [0.3, 0.4) is 0 Å². The molecular weight excluding hydrogens is 336 g/mol. The molecule has 144 valence electrons. The fraction of sp³-hybridized carbons (Fsp3) is 0.478. The second kappa shape index (κ2) is 8.55. The summed E-state index contributed by atoms with van der Waals surface area (Å²) < 4.78 is 1.89. The average molecular weight is 367 g/mol. The van der Waals surface area contributed by atoms with Crippen LogP contribution in [0.25, 0.3) is 0 Å². The van der Waals surface area contributed by atoms with Gasteiger partial charge in [0.05, 0.1) is 5.69 Å². The van der Waals surface area contributed by atoms with E-state index in [0.717, 1.165) is 54.7 Å². The van der Waals surface area contributed by atoms with Gasteiger partial charge in [0.15, 0.2) is 0 Å². The first-order valence-corrected chi connectivity index (χ1v) is 10.2. The fourth-order valence-corrected chi connectivity index (χ4v) is 3.97.